The summed E-state index contributed by atoms with van der Waals surface area (Å²) >= 11 is 0. The van der Waals surface area contributed by atoms with Crippen LogP contribution in [-0.4, -0.2) is 11.5 Å². The molecule has 20 heavy (non-hydrogen) atoms. The molecule has 3 aromatic rings. The Hall–Kier alpha value is -2.13. The van der Waals surface area contributed by atoms with E-state index < -0.39 is 0 Å². The molecule has 0 fully saturated rings. The maximum atomic E-state index is 5.19. The van der Waals surface area contributed by atoms with Crippen molar-refractivity contribution in [2.45, 2.75) is 19.4 Å². The zero-order valence-corrected chi connectivity index (χ0v) is 11.5. The summed E-state index contributed by atoms with van der Waals surface area (Å²) in [7, 11) is 0. The van der Waals surface area contributed by atoms with Crippen molar-refractivity contribution in [2.75, 3.05) is 6.54 Å². The Kier molecular flexibility index (Phi) is 3.79. The molecule has 3 nitrogen and oxygen atoms in total. The van der Waals surface area contributed by atoms with Crippen molar-refractivity contribution in [2.24, 2.45) is 0 Å². The van der Waals surface area contributed by atoms with Gasteiger partial charge in [0.1, 0.15) is 0 Å². The Morgan fingerprint density at radius 1 is 1.15 bits per heavy atom. The highest BCUT2D eigenvalue weighted by Gasteiger charge is 2.13. The lowest BCUT2D eigenvalue weighted by atomic mass is 10.0. The monoisotopic (exact) mass is 266 g/mol. The molecule has 1 aromatic carbocycles. The minimum atomic E-state index is 0.243. The normalized spacial score (nSPS) is 12.7. The zero-order valence-electron chi connectivity index (χ0n) is 11.5. The summed E-state index contributed by atoms with van der Waals surface area (Å²) in [6, 6.07) is 14.7. The number of hydrogen-bond donors (Lipinski definition) is 1. The van der Waals surface area contributed by atoms with Gasteiger partial charge in [0.25, 0.3) is 0 Å². The summed E-state index contributed by atoms with van der Waals surface area (Å²) in [5.74, 6) is 0. The molecule has 0 radical (unpaired) electrons. The van der Waals surface area contributed by atoms with E-state index in [9.17, 15) is 0 Å². The Morgan fingerprint density at radius 2 is 2.05 bits per heavy atom. The molecule has 1 atom stereocenters. The topological polar surface area (TPSA) is 38.1 Å². The highest BCUT2D eigenvalue weighted by Crippen LogP contribution is 2.20. The van der Waals surface area contributed by atoms with E-state index >= 15 is 0 Å². The number of para-hydroxylation sites is 1. The summed E-state index contributed by atoms with van der Waals surface area (Å²) < 4.78 is 5.19. The SMILES string of the molecule is CCNC(Cc1ccc2ccccc2n1)c1ccoc1. The molecule has 0 spiro atoms. The highest BCUT2D eigenvalue weighted by atomic mass is 16.3. The molecular weight excluding hydrogens is 248 g/mol. The van der Waals surface area contributed by atoms with Crippen molar-refractivity contribution < 1.29 is 4.42 Å². The summed E-state index contributed by atoms with van der Waals surface area (Å²) in [6.45, 7) is 3.03. The van der Waals surface area contributed by atoms with Crippen LogP contribution in [0.2, 0.25) is 0 Å². The van der Waals surface area contributed by atoms with Crippen LogP contribution in [0.4, 0.5) is 0 Å². The Labute approximate surface area is 118 Å². The number of aromatic nitrogens is 1. The minimum Gasteiger partial charge on any atom is -0.472 e. The molecule has 0 aliphatic rings. The molecule has 0 bridgehead atoms. The van der Waals surface area contributed by atoms with Crippen LogP contribution in [0.3, 0.4) is 0 Å². The predicted octanol–water partition coefficient (Wildman–Crippen LogP) is 3.72. The van der Waals surface area contributed by atoms with Gasteiger partial charge in [-0.1, -0.05) is 31.2 Å². The minimum absolute atomic E-state index is 0.243. The number of pyridine rings is 1. The Morgan fingerprint density at radius 3 is 2.85 bits per heavy atom. The second-order valence-electron chi connectivity index (χ2n) is 4.87. The highest BCUT2D eigenvalue weighted by molar-refractivity contribution is 5.78. The fourth-order valence-corrected chi connectivity index (χ4v) is 2.46. The number of furan rings is 1. The lowest BCUT2D eigenvalue weighted by Crippen LogP contribution is -2.22. The van der Waals surface area contributed by atoms with E-state index in [0.29, 0.717) is 0 Å². The molecule has 0 aliphatic carbocycles. The van der Waals surface area contributed by atoms with E-state index in [4.69, 9.17) is 9.40 Å². The quantitative estimate of drug-likeness (QED) is 0.764. The number of hydrogen-bond acceptors (Lipinski definition) is 3. The fraction of sp³-hybridized carbons (Fsp3) is 0.235. The molecular formula is C17H18N2O. The maximum Gasteiger partial charge on any atom is 0.0950 e. The zero-order chi connectivity index (χ0) is 13.8. The third kappa shape index (κ3) is 2.73. The summed E-state index contributed by atoms with van der Waals surface area (Å²) in [4.78, 5) is 4.74. The van der Waals surface area contributed by atoms with Crippen LogP contribution in [0.15, 0.2) is 59.4 Å². The molecule has 0 saturated heterocycles. The standard InChI is InChI=1S/C17H18N2O/c1-2-18-17(14-9-10-20-12-14)11-15-8-7-13-5-3-4-6-16(13)19-15/h3-10,12,17-18H,2,11H2,1H3. The van der Waals surface area contributed by atoms with Crippen LogP contribution in [0.25, 0.3) is 10.9 Å². The molecule has 2 heterocycles. The first-order valence-electron chi connectivity index (χ1n) is 6.97. The van der Waals surface area contributed by atoms with Crippen LogP contribution < -0.4 is 5.32 Å². The van der Waals surface area contributed by atoms with Crippen molar-refractivity contribution in [1.82, 2.24) is 10.3 Å². The van der Waals surface area contributed by atoms with Gasteiger partial charge in [-0.05, 0) is 24.7 Å². The van der Waals surface area contributed by atoms with Crippen LogP contribution in [0.1, 0.15) is 24.2 Å². The first kappa shape index (κ1) is 12.9. The summed E-state index contributed by atoms with van der Waals surface area (Å²) in [5, 5.41) is 4.66. The van der Waals surface area contributed by atoms with Crippen LogP contribution in [0.5, 0.6) is 0 Å². The Balaban J connectivity index is 1.86. The lowest BCUT2D eigenvalue weighted by molar-refractivity contribution is 0.522. The molecule has 102 valence electrons. The van der Waals surface area contributed by atoms with Crippen molar-refractivity contribution >= 4 is 10.9 Å². The number of nitrogens with zero attached hydrogens (tertiary/aromatic N) is 1. The van der Waals surface area contributed by atoms with Gasteiger partial charge in [0.15, 0.2) is 0 Å². The van der Waals surface area contributed by atoms with E-state index in [-0.39, 0.29) is 6.04 Å². The van der Waals surface area contributed by atoms with E-state index in [1.165, 1.54) is 10.9 Å². The molecule has 0 saturated carbocycles. The second-order valence-corrected chi connectivity index (χ2v) is 4.87. The van der Waals surface area contributed by atoms with Crippen molar-refractivity contribution in [3.63, 3.8) is 0 Å². The number of benzene rings is 1. The van der Waals surface area contributed by atoms with Gasteiger partial charge in [0, 0.05) is 29.1 Å². The number of fused-ring (bicyclic) bond motifs is 1. The van der Waals surface area contributed by atoms with Gasteiger partial charge in [-0.15, -0.1) is 0 Å². The second kappa shape index (κ2) is 5.88. The van der Waals surface area contributed by atoms with Gasteiger partial charge >= 0.3 is 0 Å². The molecule has 0 amide bonds. The third-order valence-corrected chi connectivity index (χ3v) is 3.47. The summed E-state index contributed by atoms with van der Waals surface area (Å²) in [6.07, 6.45) is 4.38. The predicted molar refractivity (Wildman–Crippen MR) is 80.6 cm³/mol. The van der Waals surface area contributed by atoms with Gasteiger partial charge in [-0.25, -0.2) is 0 Å². The van der Waals surface area contributed by atoms with Gasteiger partial charge < -0.3 is 9.73 Å². The Bertz CT molecular complexity index is 676. The van der Waals surface area contributed by atoms with E-state index in [1.54, 1.807) is 12.5 Å². The molecule has 2 aromatic heterocycles. The number of rotatable bonds is 5. The number of nitrogens with one attached hydrogen (secondary N) is 1. The third-order valence-electron chi connectivity index (χ3n) is 3.47. The van der Waals surface area contributed by atoms with Crippen molar-refractivity contribution in [1.29, 1.82) is 0 Å². The lowest BCUT2D eigenvalue weighted by Gasteiger charge is -2.16. The first-order chi connectivity index (χ1) is 9.86. The van der Waals surface area contributed by atoms with Crippen LogP contribution in [-0.2, 0) is 6.42 Å². The van der Waals surface area contributed by atoms with Crippen LogP contribution >= 0.6 is 0 Å². The largest absolute Gasteiger partial charge is 0.472 e. The molecule has 1 N–H and O–H groups in total. The van der Waals surface area contributed by atoms with Gasteiger partial charge in [0.2, 0.25) is 0 Å². The molecule has 3 rings (SSSR count). The first-order valence-corrected chi connectivity index (χ1v) is 6.97. The van der Waals surface area contributed by atoms with E-state index in [0.717, 1.165) is 24.2 Å². The molecule has 1 unspecified atom stereocenters. The van der Waals surface area contributed by atoms with Gasteiger partial charge in [-0.2, -0.15) is 0 Å². The van der Waals surface area contributed by atoms with Crippen molar-refractivity contribution in [3.8, 4) is 0 Å². The maximum absolute atomic E-state index is 5.19. The summed E-state index contributed by atoms with van der Waals surface area (Å²) in [5.41, 5.74) is 3.31. The van der Waals surface area contributed by atoms with E-state index in [2.05, 4.69) is 36.5 Å². The average molecular weight is 266 g/mol. The fourth-order valence-electron chi connectivity index (χ4n) is 2.46. The van der Waals surface area contributed by atoms with Gasteiger partial charge in [0.05, 0.1) is 18.0 Å². The van der Waals surface area contributed by atoms with Crippen LogP contribution in [0, 0.1) is 0 Å². The number of likely N-dealkylation sites (N-methyl/N-ethyl adjacent to an activating group) is 1. The average Bonchev–Trinajstić information content (AvgIpc) is 3.01. The smallest absolute Gasteiger partial charge is 0.0950 e. The van der Waals surface area contributed by atoms with Gasteiger partial charge in [-0.3, -0.25) is 4.98 Å². The van der Waals surface area contributed by atoms with E-state index in [1.807, 2.05) is 18.2 Å². The van der Waals surface area contributed by atoms with Crippen molar-refractivity contribution in [3.05, 3.63) is 66.2 Å². The molecule has 0 aliphatic heterocycles. The molecule has 3 heteroatoms.